The van der Waals surface area contributed by atoms with Gasteiger partial charge in [0.2, 0.25) is 0 Å². The first-order valence-corrected chi connectivity index (χ1v) is 5.63. The van der Waals surface area contributed by atoms with Crippen molar-refractivity contribution < 1.29 is 9.84 Å². The Labute approximate surface area is 89.9 Å². The van der Waals surface area contributed by atoms with Crippen molar-refractivity contribution in [3.8, 4) is 0 Å². The Kier molecular flexibility index (Phi) is 2.63. The molecule has 0 aromatic rings. The summed E-state index contributed by atoms with van der Waals surface area (Å²) in [5.41, 5.74) is -0.364. The smallest absolute Gasteiger partial charge is 0.0677 e. The molecule has 14 heavy (non-hydrogen) atoms. The van der Waals surface area contributed by atoms with Crippen molar-refractivity contribution >= 4 is 11.6 Å². The van der Waals surface area contributed by atoms with Crippen LogP contribution in [0.4, 0.5) is 0 Å². The first-order valence-electron chi connectivity index (χ1n) is 5.20. The van der Waals surface area contributed by atoms with Gasteiger partial charge in [0.05, 0.1) is 29.6 Å². The number of ether oxygens (including phenoxy) is 1. The van der Waals surface area contributed by atoms with Gasteiger partial charge < -0.3 is 9.84 Å². The molecule has 2 aliphatic rings. The van der Waals surface area contributed by atoms with E-state index in [2.05, 4.69) is 13.0 Å². The lowest BCUT2D eigenvalue weighted by atomic mass is 9.67. The van der Waals surface area contributed by atoms with Crippen LogP contribution in [0.3, 0.4) is 0 Å². The Hall–Kier alpha value is -0.0500. The van der Waals surface area contributed by atoms with Gasteiger partial charge in [0.15, 0.2) is 0 Å². The molecule has 0 spiro atoms. The third-order valence-electron chi connectivity index (χ3n) is 3.78. The number of halogens is 1. The van der Waals surface area contributed by atoms with Crippen LogP contribution in [0.25, 0.3) is 0 Å². The van der Waals surface area contributed by atoms with Crippen LogP contribution >= 0.6 is 11.6 Å². The van der Waals surface area contributed by atoms with E-state index >= 15 is 0 Å². The zero-order chi connectivity index (χ0) is 10.3. The lowest BCUT2D eigenvalue weighted by Crippen LogP contribution is -2.57. The minimum absolute atomic E-state index is 0.00204. The third-order valence-corrected chi connectivity index (χ3v) is 4.51. The predicted octanol–water partition coefficient (Wildman–Crippen LogP) is 1.96. The van der Waals surface area contributed by atoms with Gasteiger partial charge in [-0.05, 0) is 20.3 Å². The molecule has 0 unspecified atom stereocenters. The number of aliphatic hydroxyl groups is 1. The molecule has 2 rings (SSSR count). The van der Waals surface area contributed by atoms with Crippen molar-refractivity contribution in [1.29, 1.82) is 0 Å². The molecule has 1 aliphatic heterocycles. The molecule has 1 fully saturated rings. The van der Waals surface area contributed by atoms with E-state index < -0.39 is 0 Å². The van der Waals surface area contributed by atoms with E-state index in [0.29, 0.717) is 5.92 Å². The predicted molar refractivity (Wildman–Crippen MR) is 56.4 cm³/mol. The van der Waals surface area contributed by atoms with E-state index in [1.54, 1.807) is 0 Å². The number of rotatable bonds is 1. The Balaban J connectivity index is 2.37. The van der Waals surface area contributed by atoms with E-state index in [0.717, 1.165) is 6.42 Å². The molecule has 1 saturated heterocycles. The van der Waals surface area contributed by atoms with E-state index in [-0.39, 0.29) is 29.6 Å². The zero-order valence-electron chi connectivity index (χ0n) is 8.61. The summed E-state index contributed by atoms with van der Waals surface area (Å²) in [6.45, 7) is 4.13. The Morgan fingerprint density at radius 2 is 2.29 bits per heavy atom. The summed E-state index contributed by atoms with van der Waals surface area (Å²) in [7, 11) is 0. The maximum absolute atomic E-state index is 9.50. The van der Waals surface area contributed by atoms with Crippen LogP contribution in [-0.2, 0) is 4.74 Å². The van der Waals surface area contributed by atoms with E-state index in [4.69, 9.17) is 16.3 Å². The molecule has 2 nitrogen and oxygen atoms in total. The second-order valence-electron chi connectivity index (χ2n) is 4.46. The second-order valence-corrected chi connectivity index (χ2v) is 4.93. The average Bonchev–Trinajstić information content (AvgIpc) is 2.15. The Morgan fingerprint density at radius 1 is 1.57 bits per heavy atom. The highest BCUT2D eigenvalue weighted by molar-refractivity contribution is 6.21. The van der Waals surface area contributed by atoms with Crippen LogP contribution in [0.1, 0.15) is 20.3 Å². The van der Waals surface area contributed by atoms with E-state index in [9.17, 15) is 5.11 Å². The van der Waals surface area contributed by atoms with Crippen LogP contribution in [0.5, 0.6) is 0 Å². The van der Waals surface area contributed by atoms with Gasteiger partial charge in [-0.3, -0.25) is 0 Å². The van der Waals surface area contributed by atoms with Crippen LogP contribution < -0.4 is 0 Å². The number of allylic oxidation sites excluding steroid dienone is 1. The van der Waals surface area contributed by atoms with Gasteiger partial charge in [0.1, 0.15) is 0 Å². The lowest BCUT2D eigenvalue weighted by Gasteiger charge is -2.51. The van der Waals surface area contributed by atoms with Crippen LogP contribution in [0, 0.1) is 11.3 Å². The second kappa shape index (κ2) is 3.51. The molecule has 0 saturated carbocycles. The van der Waals surface area contributed by atoms with Gasteiger partial charge in [0, 0.05) is 5.92 Å². The SMILES string of the molecule is C[C@@H]1O[C@H](C)[C@]2(CO)C=CC[C@H]1[C@H]2Cl. The monoisotopic (exact) mass is 216 g/mol. The van der Waals surface area contributed by atoms with Gasteiger partial charge in [-0.15, -0.1) is 11.6 Å². The first kappa shape index (κ1) is 10.5. The zero-order valence-corrected chi connectivity index (χ0v) is 9.37. The number of hydrogen-bond acceptors (Lipinski definition) is 2. The summed E-state index contributed by atoms with van der Waals surface area (Å²) in [4.78, 5) is 0. The number of aliphatic hydroxyl groups excluding tert-OH is 1. The highest BCUT2D eigenvalue weighted by Gasteiger charge is 2.52. The fourth-order valence-corrected chi connectivity index (χ4v) is 3.29. The molecule has 0 aromatic carbocycles. The summed E-state index contributed by atoms with van der Waals surface area (Å²) >= 11 is 6.44. The lowest BCUT2D eigenvalue weighted by molar-refractivity contribution is -0.139. The standard InChI is InChI=1S/C11H17ClO2/c1-7-9-4-3-5-11(6-13,10(9)12)8(2)14-7/h3,5,7-10,13H,4,6H2,1-2H3/t7-,8+,9+,10+,11+/m0/s1. The minimum Gasteiger partial charge on any atom is -0.395 e. The molecule has 5 atom stereocenters. The van der Waals surface area contributed by atoms with Crippen molar-refractivity contribution in [2.45, 2.75) is 37.9 Å². The molecule has 0 amide bonds. The quantitative estimate of drug-likeness (QED) is 0.537. The van der Waals surface area contributed by atoms with Gasteiger partial charge in [0.25, 0.3) is 0 Å². The molecule has 0 aromatic heterocycles. The normalized spacial score (nSPS) is 52.0. The molecular formula is C11H17ClO2. The van der Waals surface area contributed by atoms with Crippen molar-refractivity contribution in [3.05, 3.63) is 12.2 Å². The first-order chi connectivity index (χ1) is 6.62. The number of alkyl halides is 1. The molecule has 1 N–H and O–H groups in total. The number of fused-ring (bicyclic) bond motifs is 2. The Bertz CT molecular complexity index is 254. The Morgan fingerprint density at radius 3 is 2.93 bits per heavy atom. The van der Waals surface area contributed by atoms with E-state index in [1.807, 2.05) is 13.0 Å². The van der Waals surface area contributed by atoms with Crippen LogP contribution in [0.2, 0.25) is 0 Å². The molecule has 3 heteroatoms. The molecule has 0 radical (unpaired) electrons. The van der Waals surface area contributed by atoms with Crippen molar-refractivity contribution in [1.82, 2.24) is 0 Å². The fourth-order valence-electron chi connectivity index (χ4n) is 2.66. The highest BCUT2D eigenvalue weighted by Crippen LogP contribution is 2.48. The largest absolute Gasteiger partial charge is 0.395 e. The fraction of sp³-hybridized carbons (Fsp3) is 0.818. The third kappa shape index (κ3) is 1.24. The van der Waals surface area contributed by atoms with Gasteiger partial charge in [-0.1, -0.05) is 12.2 Å². The summed E-state index contributed by atoms with van der Waals surface area (Å²) in [5, 5.41) is 9.50. The maximum Gasteiger partial charge on any atom is 0.0677 e. The van der Waals surface area contributed by atoms with Crippen molar-refractivity contribution in [2.75, 3.05) is 6.61 Å². The molecule has 80 valence electrons. The van der Waals surface area contributed by atoms with Gasteiger partial charge >= 0.3 is 0 Å². The van der Waals surface area contributed by atoms with Crippen molar-refractivity contribution in [2.24, 2.45) is 11.3 Å². The molecular weight excluding hydrogens is 200 g/mol. The minimum atomic E-state index is -0.364. The van der Waals surface area contributed by atoms with Crippen LogP contribution in [0.15, 0.2) is 12.2 Å². The summed E-state index contributed by atoms with van der Waals surface area (Å²) < 4.78 is 5.82. The van der Waals surface area contributed by atoms with Crippen LogP contribution in [-0.4, -0.2) is 29.3 Å². The summed E-state index contributed by atoms with van der Waals surface area (Å²) in [6, 6.07) is 0. The van der Waals surface area contributed by atoms with E-state index in [1.165, 1.54) is 0 Å². The molecule has 1 aliphatic carbocycles. The average molecular weight is 217 g/mol. The van der Waals surface area contributed by atoms with Crippen molar-refractivity contribution in [3.63, 3.8) is 0 Å². The molecule has 1 heterocycles. The molecule has 2 bridgehead atoms. The topological polar surface area (TPSA) is 29.5 Å². The number of hydrogen-bond donors (Lipinski definition) is 1. The maximum atomic E-state index is 9.50. The summed E-state index contributed by atoms with van der Waals surface area (Å²) in [6.07, 6.45) is 5.33. The summed E-state index contributed by atoms with van der Waals surface area (Å²) in [5.74, 6) is 0.338. The van der Waals surface area contributed by atoms with Gasteiger partial charge in [-0.2, -0.15) is 0 Å². The highest BCUT2D eigenvalue weighted by atomic mass is 35.5. The van der Waals surface area contributed by atoms with Gasteiger partial charge in [-0.25, -0.2) is 0 Å².